The van der Waals surface area contributed by atoms with Gasteiger partial charge in [-0.1, -0.05) is 182 Å². The third kappa shape index (κ3) is 7.31. The van der Waals surface area contributed by atoms with Gasteiger partial charge in [0.05, 0.1) is 11.0 Å². The third-order valence-corrected chi connectivity index (χ3v) is 12.9. The molecule has 0 aliphatic rings. The summed E-state index contributed by atoms with van der Waals surface area (Å²) >= 11 is 0. The molecule has 310 valence electrons. The number of rotatable bonds is 9. The number of aromatic nitrogens is 1. The van der Waals surface area contributed by atoms with Crippen molar-refractivity contribution in [3.05, 3.63) is 266 Å². The summed E-state index contributed by atoms with van der Waals surface area (Å²) in [5.41, 5.74) is 16.5. The number of para-hydroxylation sites is 3. The lowest BCUT2D eigenvalue weighted by molar-refractivity contribution is 1.18. The van der Waals surface area contributed by atoms with Gasteiger partial charge in [-0.05, 0) is 151 Å². The third-order valence-electron chi connectivity index (χ3n) is 12.9. The van der Waals surface area contributed by atoms with Gasteiger partial charge in [0.15, 0.2) is 0 Å². The molecule has 0 fully saturated rings. The standard InChI is InChI=1S/C64H44N2/c1-6-16-47(17-7-1)61-42-53-34-33-52(41-54(53)43-62(61)48-18-8-2-9-19-48)51-32-31-49-38-45(28-30-50(49)40-51)26-27-46-29-36-59-60-37-35-58(44-64(60)66(63(59)39-46)57-24-14-5-15-25-57)65(55-20-10-3-11-21-55)56-22-12-4-13-23-56/h1-44H/b27-26+. The van der Waals surface area contributed by atoms with E-state index < -0.39 is 0 Å². The molecule has 0 aliphatic carbocycles. The average Bonchev–Trinajstić information content (AvgIpc) is 3.71. The van der Waals surface area contributed by atoms with Crippen LogP contribution >= 0.6 is 0 Å². The highest BCUT2D eigenvalue weighted by Gasteiger charge is 2.18. The Morgan fingerprint density at radius 1 is 0.288 bits per heavy atom. The van der Waals surface area contributed by atoms with Crippen molar-refractivity contribution in [1.82, 2.24) is 4.57 Å². The molecule has 1 aromatic heterocycles. The number of benzene rings is 11. The fourth-order valence-corrected chi connectivity index (χ4v) is 9.65. The topological polar surface area (TPSA) is 8.17 Å². The van der Waals surface area contributed by atoms with Crippen molar-refractivity contribution in [2.45, 2.75) is 0 Å². The molecule has 0 unspecified atom stereocenters. The van der Waals surface area contributed by atoms with E-state index in [2.05, 4.69) is 276 Å². The first-order valence-corrected chi connectivity index (χ1v) is 22.7. The van der Waals surface area contributed by atoms with Gasteiger partial charge in [0, 0.05) is 33.5 Å². The maximum atomic E-state index is 2.41. The van der Waals surface area contributed by atoms with Crippen LogP contribution in [0.4, 0.5) is 17.1 Å². The highest BCUT2D eigenvalue weighted by molar-refractivity contribution is 6.11. The van der Waals surface area contributed by atoms with E-state index in [9.17, 15) is 0 Å². The Hall–Kier alpha value is -8.72. The minimum absolute atomic E-state index is 1.11. The molecule has 0 saturated heterocycles. The molecule has 1 heterocycles. The maximum absolute atomic E-state index is 2.41. The second-order valence-corrected chi connectivity index (χ2v) is 17.0. The molecule has 0 amide bonds. The van der Waals surface area contributed by atoms with Crippen molar-refractivity contribution in [1.29, 1.82) is 0 Å². The highest BCUT2D eigenvalue weighted by Crippen LogP contribution is 2.41. The molecular formula is C64H44N2. The molecule has 0 saturated carbocycles. The number of anilines is 3. The van der Waals surface area contributed by atoms with Crippen molar-refractivity contribution in [3.63, 3.8) is 0 Å². The Morgan fingerprint density at radius 2 is 0.727 bits per heavy atom. The summed E-state index contributed by atoms with van der Waals surface area (Å²) < 4.78 is 2.41. The Balaban J connectivity index is 0.872. The summed E-state index contributed by atoms with van der Waals surface area (Å²) in [7, 11) is 0. The van der Waals surface area contributed by atoms with Gasteiger partial charge in [-0.3, -0.25) is 0 Å². The lowest BCUT2D eigenvalue weighted by Crippen LogP contribution is -2.09. The van der Waals surface area contributed by atoms with Crippen LogP contribution in [0.3, 0.4) is 0 Å². The van der Waals surface area contributed by atoms with E-state index in [0.29, 0.717) is 0 Å². The minimum atomic E-state index is 1.11. The SMILES string of the molecule is C(=C\c1ccc2c3ccc(N(c4ccccc4)c4ccccc4)cc3n(-c3ccccc3)c2c1)/c1ccc2cc(-c3ccc4cc(-c5ccccc5)c(-c5ccccc5)cc4c3)ccc2c1. The normalized spacial score (nSPS) is 11.6. The van der Waals surface area contributed by atoms with Crippen molar-refractivity contribution in [3.8, 4) is 39.1 Å². The first kappa shape index (κ1) is 38.9. The first-order valence-electron chi connectivity index (χ1n) is 22.7. The first-order chi connectivity index (χ1) is 32.7. The Labute approximate surface area is 385 Å². The van der Waals surface area contributed by atoms with Crippen LogP contribution < -0.4 is 4.90 Å². The van der Waals surface area contributed by atoms with Gasteiger partial charge in [-0.2, -0.15) is 0 Å². The van der Waals surface area contributed by atoms with E-state index in [1.807, 2.05) is 0 Å². The van der Waals surface area contributed by atoms with Gasteiger partial charge < -0.3 is 9.47 Å². The van der Waals surface area contributed by atoms with Crippen LogP contribution in [0.15, 0.2) is 255 Å². The van der Waals surface area contributed by atoms with Crippen LogP contribution in [0, 0.1) is 0 Å². The Kier molecular flexibility index (Phi) is 9.89. The van der Waals surface area contributed by atoms with Gasteiger partial charge in [-0.25, -0.2) is 0 Å². The van der Waals surface area contributed by atoms with Gasteiger partial charge >= 0.3 is 0 Å². The van der Waals surface area contributed by atoms with Gasteiger partial charge in [0.2, 0.25) is 0 Å². The Bertz CT molecular complexity index is 3680. The number of nitrogens with zero attached hydrogens (tertiary/aromatic N) is 2. The summed E-state index contributed by atoms with van der Waals surface area (Å²) in [5.74, 6) is 0. The van der Waals surface area contributed by atoms with Crippen molar-refractivity contribution in [2.24, 2.45) is 0 Å². The molecule has 0 aliphatic heterocycles. The highest BCUT2D eigenvalue weighted by atomic mass is 15.1. The van der Waals surface area contributed by atoms with Crippen molar-refractivity contribution >= 4 is 72.6 Å². The predicted molar refractivity (Wildman–Crippen MR) is 282 cm³/mol. The zero-order valence-corrected chi connectivity index (χ0v) is 36.3. The second-order valence-electron chi connectivity index (χ2n) is 17.0. The molecule has 11 aromatic carbocycles. The minimum Gasteiger partial charge on any atom is -0.310 e. The molecule has 12 rings (SSSR count). The maximum Gasteiger partial charge on any atom is 0.0561 e. The van der Waals surface area contributed by atoms with Crippen LogP contribution in [0.25, 0.3) is 94.6 Å². The Morgan fingerprint density at radius 3 is 1.33 bits per heavy atom. The molecule has 0 bridgehead atoms. The summed E-state index contributed by atoms with van der Waals surface area (Å²) in [6, 6.07) is 92.3. The molecule has 0 atom stereocenters. The van der Waals surface area contributed by atoms with Crippen LogP contribution in [0.5, 0.6) is 0 Å². The predicted octanol–water partition coefficient (Wildman–Crippen LogP) is 17.7. The van der Waals surface area contributed by atoms with Gasteiger partial charge in [-0.15, -0.1) is 0 Å². The van der Waals surface area contributed by atoms with E-state index in [1.165, 1.54) is 82.3 Å². The number of hydrogen-bond acceptors (Lipinski definition) is 1. The monoisotopic (exact) mass is 840 g/mol. The van der Waals surface area contributed by atoms with E-state index in [-0.39, 0.29) is 0 Å². The molecule has 2 nitrogen and oxygen atoms in total. The lowest BCUT2D eigenvalue weighted by atomic mass is 9.90. The quantitative estimate of drug-likeness (QED) is 0.131. The lowest BCUT2D eigenvalue weighted by Gasteiger charge is -2.25. The largest absolute Gasteiger partial charge is 0.310 e. The van der Waals surface area contributed by atoms with E-state index >= 15 is 0 Å². The fraction of sp³-hybridized carbons (Fsp3) is 0. The molecule has 66 heavy (non-hydrogen) atoms. The van der Waals surface area contributed by atoms with Gasteiger partial charge in [0.1, 0.15) is 0 Å². The van der Waals surface area contributed by atoms with Gasteiger partial charge in [0.25, 0.3) is 0 Å². The van der Waals surface area contributed by atoms with Crippen molar-refractivity contribution in [2.75, 3.05) is 4.90 Å². The van der Waals surface area contributed by atoms with Crippen LogP contribution in [0.2, 0.25) is 0 Å². The smallest absolute Gasteiger partial charge is 0.0561 e. The summed E-state index contributed by atoms with van der Waals surface area (Å²) in [5, 5.41) is 7.36. The molecule has 0 spiro atoms. The summed E-state index contributed by atoms with van der Waals surface area (Å²) in [6.07, 6.45) is 4.47. The second kappa shape index (κ2) is 16.8. The van der Waals surface area contributed by atoms with Crippen LogP contribution in [0.1, 0.15) is 11.1 Å². The summed E-state index contributed by atoms with van der Waals surface area (Å²) in [4.78, 5) is 2.33. The zero-order chi connectivity index (χ0) is 43.8. The van der Waals surface area contributed by atoms with Crippen LogP contribution in [-0.4, -0.2) is 4.57 Å². The van der Waals surface area contributed by atoms with E-state index in [0.717, 1.165) is 28.3 Å². The number of fused-ring (bicyclic) bond motifs is 5. The average molecular weight is 841 g/mol. The molecule has 2 heteroatoms. The molecule has 0 N–H and O–H groups in total. The molecule has 0 radical (unpaired) electrons. The van der Waals surface area contributed by atoms with E-state index in [4.69, 9.17) is 0 Å². The van der Waals surface area contributed by atoms with Crippen molar-refractivity contribution < 1.29 is 0 Å². The van der Waals surface area contributed by atoms with Crippen LogP contribution in [-0.2, 0) is 0 Å². The number of hydrogen-bond donors (Lipinski definition) is 0. The molecule has 12 aromatic rings. The van der Waals surface area contributed by atoms with E-state index in [1.54, 1.807) is 0 Å². The summed E-state index contributed by atoms with van der Waals surface area (Å²) in [6.45, 7) is 0. The fourth-order valence-electron chi connectivity index (χ4n) is 9.65. The zero-order valence-electron chi connectivity index (χ0n) is 36.3. The molecular weight excluding hydrogens is 797 g/mol.